The third-order valence-electron chi connectivity index (χ3n) is 3.87. The highest BCUT2D eigenvalue weighted by Crippen LogP contribution is 2.26. The van der Waals surface area contributed by atoms with E-state index in [9.17, 15) is 13.2 Å². The lowest BCUT2D eigenvalue weighted by atomic mass is 10.1. The molecular weight excluding hydrogens is 435 g/mol. The van der Waals surface area contributed by atoms with E-state index in [0.29, 0.717) is 18.8 Å². The lowest BCUT2D eigenvalue weighted by Gasteiger charge is -2.10. The van der Waals surface area contributed by atoms with Gasteiger partial charge in [0.05, 0.1) is 27.5 Å². The first-order chi connectivity index (χ1) is 13.7. The van der Waals surface area contributed by atoms with E-state index in [4.69, 9.17) is 27.9 Å². The molecule has 6 nitrogen and oxygen atoms in total. The summed E-state index contributed by atoms with van der Waals surface area (Å²) in [5.41, 5.74) is 1.16. The van der Waals surface area contributed by atoms with Crippen LogP contribution in [0, 0.1) is 0 Å². The Labute approximate surface area is 181 Å². The molecule has 0 heterocycles. The van der Waals surface area contributed by atoms with Crippen molar-refractivity contribution in [2.24, 2.45) is 0 Å². The summed E-state index contributed by atoms with van der Waals surface area (Å²) in [6.45, 7) is 5.08. The van der Waals surface area contributed by atoms with Gasteiger partial charge in [0.25, 0.3) is 10.0 Å². The van der Waals surface area contributed by atoms with E-state index in [0.717, 1.165) is 12.0 Å². The van der Waals surface area contributed by atoms with Crippen LogP contribution < -0.4 is 10.0 Å². The molecule has 0 aromatic heterocycles. The average molecular weight is 459 g/mol. The van der Waals surface area contributed by atoms with Crippen molar-refractivity contribution in [1.29, 1.82) is 0 Å². The lowest BCUT2D eigenvalue weighted by molar-refractivity contribution is -0.120. The quantitative estimate of drug-likeness (QED) is 0.520. The second-order valence-electron chi connectivity index (χ2n) is 6.68. The third-order valence-corrected chi connectivity index (χ3v) is 5.98. The maximum atomic E-state index is 12.5. The summed E-state index contributed by atoms with van der Waals surface area (Å²) >= 11 is 11.7. The molecule has 0 unspecified atom stereocenters. The Balaban J connectivity index is 1.88. The van der Waals surface area contributed by atoms with Gasteiger partial charge in [0.1, 0.15) is 0 Å². The molecule has 0 atom stereocenters. The number of nitrogens with one attached hydrogen (secondary N) is 2. The third kappa shape index (κ3) is 7.85. The number of halogens is 2. The van der Waals surface area contributed by atoms with Crippen LogP contribution in [0.1, 0.15) is 25.8 Å². The van der Waals surface area contributed by atoms with Crippen LogP contribution in [-0.2, 0) is 26.0 Å². The van der Waals surface area contributed by atoms with Gasteiger partial charge in [-0.25, -0.2) is 8.42 Å². The molecule has 1 amide bonds. The van der Waals surface area contributed by atoms with Gasteiger partial charge in [-0.15, -0.1) is 0 Å². The van der Waals surface area contributed by atoms with Gasteiger partial charge in [-0.05, 0) is 56.2 Å². The first kappa shape index (κ1) is 23.5. The molecule has 0 saturated carbocycles. The predicted octanol–water partition coefficient (Wildman–Crippen LogP) is 4.27. The average Bonchev–Trinajstić information content (AvgIpc) is 2.64. The van der Waals surface area contributed by atoms with E-state index in [1.165, 1.54) is 18.2 Å². The van der Waals surface area contributed by atoms with Crippen molar-refractivity contribution >= 4 is 44.8 Å². The molecule has 0 aliphatic rings. The van der Waals surface area contributed by atoms with Crippen molar-refractivity contribution in [2.75, 3.05) is 17.9 Å². The van der Waals surface area contributed by atoms with E-state index in [2.05, 4.69) is 10.0 Å². The van der Waals surface area contributed by atoms with Gasteiger partial charge in [-0.1, -0.05) is 35.3 Å². The lowest BCUT2D eigenvalue weighted by Crippen LogP contribution is -2.27. The summed E-state index contributed by atoms with van der Waals surface area (Å²) in [6.07, 6.45) is 1.14. The van der Waals surface area contributed by atoms with E-state index in [1.807, 2.05) is 13.8 Å². The van der Waals surface area contributed by atoms with E-state index in [-0.39, 0.29) is 33.4 Å². The normalized spacial score (nSPS) is 11.5. The maximum Gasteiger partial charge on any atom is 0.261 e. The van der Waals surface area contributed by atoms with Gasteiger partial charge in [-0.2, -0.15) is 0 Å². The molecule has 0 aliphatic carbocycles. The molecular formula is C20H24Cl2N2O4S. The Morgan fingerprint density at radius 2 is 1.76 bits per heavy atom. The monoisotopic (exact) mass is 458 g/mol. The summed E-state index contributed by atoms with van der Waals surface area (Å²) in [5, 5.41) is 3.27. The van der Waals surface area contributed by atoms with Gasteiger partial charge in [-0.3, -0.25) is 9.52 Å². The molecule has 0 spiro atoms. The highest BCUT2D eigenvalue weighted by atomic mass is 35.5. The number of rotatable bonds is 10. The van der Waals surface area contributed by atoms with Crippen LogP contribution in [-0.4, -0.2) is 33.6 Å². The van der Waals surface area contributed by atoms with E-state index < -0.39 is 10.0 Å². The zero-order valence-electron chi connectivity index (χ0n) is 16.2. The Morgan fingerprint density at radius 3 is 2.38 bits per heavy atom. The van der Waals surface area contributed by atoms with Gasteiger partial charge in [0.2, 0.25) is 5.91 Å². The van der Waals surface area contributed by atoms with Crippen molar-refractivity contribution < 1.29 is 17.9 Å². The molecule has 0 fully saturated rings. The number of anilines is 1. The van der Waals surface area contributed by atoms with Crippen LogP contribution in [0.5, 0.6) is 0 Å². The molecule has 29 heavy (non-hydrogen) atoms. The number of benzene rings is 2. The molecule has 0 saturated heterocycles. The number of amides is 1. The summed E-state index contributed by atoms with van der Waals surface area (Å²) in [6, 6.07) is 10.7. The van der Waals surface area contributed by atoms with E-state index >= 15 is 0 Å². The zero-order valence-corrected chi connectivity index (χ0v) is 18.6. The van der Waals surface area contributed by atoms with Crippen molar-refractivity contribution in [1.82, 2.24) is 5.32 Å². The van der Waals surface area contributed by atoms with Gasteiger partial charge in [0, 0.05) is 18.8 Å². The number of carbonyl (C=O) groups is 1. The second kappa shape index (κ2) is 10.8. The minimum atomic E-state index is -3.80. The second-order valence-corrected chi connectivity index (χ2v) is 9.17. The first-order valence-corrected chi connectivity index (χ1v) is 11.4. The van der Waals surface area contributed by atoms with Gasteiger partial charge < -0.3 is 10.1 Å². The molecule has 2 N–H and O–H groups in total. The standard InChI is InChI=1S/C20H24Cl2N2O4S/c1-14(2)28-11-3-10-23-20(25)12-15-4-6-16(7-5-15)24-29(26,27)17-8-9-18(21)19(22)13-17/h4-9,13-14,24H,3,10-12H2,1-2H3,(H,23,25). The molecule has 0 aliphatic heterocycles. The van der Waals surface area contributed by atoms with Crippen LogP contribution in [0.15, 0.2) is 47.4 Å². The predicted molar refractivity (Wildman–Crippen MR) is 116 cm³/mol. The number of ether oxygens (including phenoxy) is 1. The summed E-state index contributed by atoms with van der Waals surface area (Å²) in [7, 11) is -3.80. The highest BCUT2D eigenvalue weighted by molar-refractivity contribution is 7.92. The fourth-order valence-electron chi connectivity index (χ4n) is 2.42. The molecule has 158 valence electrons. The van der Waals surface area contributed by atoms with Crippen LogP contribution in [0.25, 0.3) is 0 Å². The van der Waals surface area contributed by atoms with E-state index in [1.54, 1.807) is 24.3 Å². The first-order valence-electron chi connectivity index (χ1n) is 9.12. The molecule has 2 aromatic carbocycles. The van der Waals surface area contributed by atoms with Crippen molar-refractivity contribution in [3.63, 3.8) is 0 Å². The molecule has 9 heteroatoms. The van der Waals surface area contributed by atoms with Crippen LogP contribution in [0.4, 0.5) is 5.69 Å². The van der Waals surface area contributed by atoms with Crippen molar-refractivity contribution in [3.05, 3.63) is 58.1 Å². The number of hydrogen-bond acceptors (Lipinski definition) is 4. The summed E-state index contributed by atoms with van der Waals surface area (Å²) in [5.74, 6) is -0.0984. The number of sulfonamides is 1. The molecule has 2 rings (SSSR count). The van der Waals surface area contributed by atoms with Gasteiger partial charge in [0.15, 0.2) is 0 Å². The summed E-state index contributed by atoms with van der Waals surface area (Å²) < 4.78 is 32.8. The Bertz CT molecular complexity index is 932. The fourth-order valence-corrected chi connectivity index (χ4v) is 3.86. The molecule has 0 radical (unpaired) electrons. The zero-order chi connectivity index (χ0) is 21.4. The molecule has 2 aromatic rings. The van der Waals surface area contributed by atoms with Crippen LogP contribution in [0.3, 0.4) is 0 Å². The Hall–Kier alpha value is -1.80. The number of hydrogen-bond donors (Lipinski definition) is 2. The minimum absolute atomic E-state index is 0.0109. The smallest absolute Gasteiger partial charge is 0.261 e. The van der Waals surface area contributed by atoms with Crippen LogP contribution in [0.2, 0.25) is 10.0 Å². The van der Waals surface area contributed by atoms with Crippen molar-refractivity contribution in [3.8, 4) is 0 Å². The fraction of sp³-hybridized carbons (Fsp3) is 0.350. The molecule has 0 bridgehead atoms. The topological polar surface area (TPSA) is 84.5 Å². The Morgan fingerprint density at radius 1 is 1.07 bits per heavy atom. The van der Waals surface area contributed by atoms with Crippen molar-refractivity contribution in [2.45, 2.75) is 37.7 Å². The van der Waals surface area contributed by atoms with Crippen LogP contribution >= 0.6 is 23.2 Å². The maximum absolute atomic E-state index is 12.5. The van der Waals surface area contributed by atoms with Gasteiger partial charge >= 0.3 is 0 Å². The Kier molecular flexibility index (Phi) is 8.77. The highest BCUT2D eigenvalue weighted by Gasteiger charge is 2.16. The number of carbonyl (C=O) groups excluding carboxylic acids is 1. The minimum Gasteiger partial charge on any atom is -0.379 e. The summed E-state index contributed by atoms with van der Waals surface area (Å²) in [4.78, 5) is 12.0. The SMILES string of the molecule is CC(C)OCCCNC(=O)Cc1ccc(NS(=O)(=O)c2ccc(Cl)c(Cl)c2)cc1. The largest absolute Gasteiger partial charge is 0.379 e.